The predicted octanol–water partition coefficient (Wildman–Crippen LogP) is 2.81. The molecule has 0 saturated heterocycles. The molecule has 0 radical (unpaired) electrons. The number of ether oxygens (including phenoxy) is 2. The van der Waals surface area contributed by atoms with Crippen LogP contribution in [0.2, 0.25) is 0 Å². The van der Waals surface area contributed by atoms with Gasteiger partial charge >= 0.3 is 5.97 Å². The van der Waals surface area contributed by atoms with Crippen LogP contribution in [-0.4, -0.2) is 32.7 Å². The standard InChI is InChI=1S/C18H14N4O3/c1-11-7-8-19-18-20-16(21-22(11)18)17(23)25-15-6-4-12-3-5-14(24-2)9-13(12)10-15/h3-10H,1-2H3. The summed E-state index contributed by atoms with van der Waals surface area (Å²) >= 11 is 0. The number of rotatable bonds is 3. The Bertz CT molecular complexity index is 1100. The molecule has 0 unspecified atom stereocenters. The first-order valence-electron chi connectivity index (χ1n) is 7.62. The first-order valence-corrected chi connectivity index (χ1v) is 7.62. The van der Waals surface area contributed by atoms with Gasteiger partial charge in [0.1, 0.15) is 11.5 Å². The van der Waals surface area contributed by atoms with Gasteiger partial charge in [0.25, 0.3) is 11.6 Å². The molecule has 0 saturated carbocycles. The van der Waals surface area contributed by atoms with Gasteiger partial charge < -0.3 is 9.47 Å². The maximum absolute atomic E-state index is 12.3. The fourth-order valence-corrected chi connectivity index (χ4v) is 2.54. The molecule has 4 rings (SSSR count). The van der Waals surface area contributed by atoms with Crippen molar-refractivity contribution in [1.82, 2.24) is 19.6 Å². The van der Waals surface area contributed by atoms with Crippen LogP contribution in [-0.2, 0) is 0 Å². The summed E-state index contributed by atoms with van der Waals surface area (Å²) in [5, 5.41) is 6.07. The Morgan fingerprint density at radius 2 is 1.80 bits per heavy atom. The zero-order chi connectivity index (χ0) is 17.4. The van der Waals surface area contributed by atoms with Gasteiger partial charge in [0.05, 0.1) is 7.11 Å². The zero-order valence-corrected chi connectivity index (χ0v) is 13.6. The summed E-state index contributed by atoms with van der Waals surface area (Å²) in [4.78, 5) is 20.5. The summed E-state index contributed by atoms with van der Waals surface area (Å²) < 4.78 is 12.1. The molecule has 0 aliphatic heterocycles. The van der Waals surface area contributed by atoms with Crippen molar-refractivity contribution in [2.45, 2.75) is 6.92 Å². The molecule has 25 heavy (non-hydrogen) atoms. The van der Waals surface area contributed by atoms with E-state index in [1.807, 2.05) is 31.2 Å². The molecule has 0 fully saturated rings. The van der Waals surface area contributed by atoms with Crippen LogP contribution < -0.4 is 9.47 Å². The molecule has 0 bridgehead atoms. The highest BCUT2D eigenvalue weighted by Gasteiger charge is 2.17. The van der Waals surface area contributed by atoms with E-state index in [1.165, 1.54) is 4.52 Å². The number of nitrogens with zero attached hydrogens (tertiary/aromatic N) is 4. The van der Waals surface area contributed by atoms with Crippen molar-refractivity contribution < 1.29 is 14.3 Å². The average Bonchev–Trinajstić information content (AvgIpc) is 3.07. The second-order valence-corrected chi connectivity index (χ2v) is 5.50. The lowest BCUT2D eigenvalue weighted by molar-refractivity contribution is 0.0722. The monoisotopic (exact) mass is 334 g/mol. The maximum atomic E-state index is 12.3. The van der Waals surface area contributed by atoms with Crippen molar-refractivity contribution in [3.05, 3.63) is 60.2 Å². The normalized spacial score (nSPS) is 11.0. The molecule has 2 aromatic carbocycles. The first-order chi connectivity index (χ1) is 12.1. The molecule has 0 amide bonds. The number of hydrogen-bond donors (Lipinski definition) is 0. The molecule has 0 atom stereocenters. The van der Waals surface area contributed by atoms with Gasteiger partial charge in [0.2, 0.25) is 0 Å². The number of carbonyl (C=O) groups is 1. The minimum absolute atomic E-state index is 0.0347. The summed E-state index contributed by atoms with van der Waals surface area (Å²) in [6, 6.07) is 12.9. The van der Waals surface area contributed by atoms with Gasteiger partial charge in [-0.15, -0.1) is 5.10 Å². The highest BCUT2D eigenvalue weighted by Crippen LogP contribution is 2.25. The first kappa shape index (κ1) is 15.1. The summed E-state index contributed by atoms with van der Waals surface area (Å²) in [5.41, 5.74) is 0.828. The topological polar surface area (TPSA) is 78.6 Å². The van der Waals surface area contributed by atoms with E-state index in [0.717, 1.165) is 22.2 Å². The Morgan fingerprint density at radius 1 is 1.04 bits per heavy atom. The van der Waals surface area contributed by atoms with E-state index in [4.69, 9.17) is 9.47 Å². The molecule has 0 N–H and O–H groups in total. The number of fused-ring (bicyclic) bond motifs is 2. The minimum atomic E-state index is -0.632. The van der Waals surface area contributed by atoms with Gasteiger partial charge in [-0.1, -0.05) is 12.1 Å². The van der Waals surface area contributed by atoms with Crippen molar-refractivity contribution >= 4 is 22.5 Å². The molecule has 0 aliphatic rings. The van der Waals surface area contributed by atoms with E-state index in [0.29, 0.717) is 11.5 Å². The molecule has 7 nitrogen and oxygen atoms in total. The second-order valence-electron chi connectivity index (χ2n) is 5.50. The van der Waals surface area contributed by atoms with Gasteiger partial charge in [-0.3, -0.25) is 0 Å². The van der Waals surface area contributed by atoms with Crippen LogP contribution in [0.25, 0.3) is 16.6 Å². The molecule has 2 aromatic heterocycles. The van der Waals surface area contributed by atoms with Crippen LogP contribution >= 0.6 is 0 Å². The van der Waals surface area contributed by atoms with E-state index in [1.54, 1.807) is 31.5 Å². The Hall–Kier alpha value is -3.48. The molecular weight excluding hydrogens is 320 g/mol. The van der Waals surface area contributed by atoms with Gasteiger partial charge in [-0.25, -0.2) is 14.3 Å². The lowest BCUT2D eigenvalue weighted by Gasteiger charge is -2.05. The highest BCUT2D eigenvalue weighted by molar-refractivity contribution is 5.89. The third-order valence-electron chi connectivity index (χ3n) is 3.84. The van der Waals surface area contributed by atoms with Crippen molar-refractivity contribution in [3.63, 3.8) is 0 Å². The zero-order valence-electron chi connectivity index (χ0n) is 13.6. The number of benzene rings is 2. The number of aromatic nitrogens is 4. The van der Waals surface area contributed by atoms with Crippen LogP contribution in [0, 0.1) is 6.92 Å². The predicted molar refractivity (Wildman–Crippen MR) is 91.0 cm³/mol. The van der Waals surface area contributed by atoms with Crippen molar-refractivity contribution in [2.24, 2.45) is 0 Å². The lowest BCUT2D eigenvalue weighted by atomic mass is 10.1. The lowest BCUT2D eigenvalue weighted by Crippen LogP contribution is -2.11. The summed E-state index contributed by atoms with van der Waals surface area (Å²) in [5.74, 6) is 0.837. The maximum Gasteiger partial charge on any atom is 0.383 e. The van der Waals surface area contributed by atoms with E-state index in [2.05, 4.69) is 15.1 Å². The molecule has 2 heterocycles. The van der Waals surface area contributed by atoms with E-state index in [-0.39, 0.29) is 5.82 Å². The highest BCUT2D eigenvalue weighted by atomic mass is 16.5. The average molecular weight is 334 g/mol. The molecule has 7 heteroatoms. The number of hydrogen-bond acceptors (Lipinski definition) is 6. The molecular formula is C18H14N4O3. The molecule has 0 aliphatic carbocycles. The Labute approximate surface area is 142 Å². The third kappa shape index (κ3) is 2.76. The fourth-order valence-electron chi connectivity index (χ4n) is 2.54. The van der Waals surface area contributed by atoms with Crippen molar-refractivity contribution in [2.75, 3.05) is 7.11 Å². The summed E-state index contributed by atoms with van der Waals surface area (Å²) in [6.45, 7) is 1.86. The van der Waals surface area contributed by atoms with Gasteiger partial charge in [0.15, 0.2) is 0 Å². The second kappa shape index (κ2) is 5.86. The van der Waals surface area contributed by atoms with Crippen LogP contribution in [0.15, 0.2) is 48.7 Å². The minimum Gasteiger partial charge on any atom is -0.497 e. The largest absolute Gasteiger partial charge is 0.497 e. The van der Waals surface area contributed by atoms with Crippen molar-refractivity contribution in [1.29, 1.82) is 0 Å². The van der Waals surface area contributed by atoms with Crippen LogP contribution in [0.4, 0.5) is 0 Å². The number of esters is 1. The number of aryl methyl sites for hydroxylation is 1. The van der Waals surface area contributed by atoms with Gasteiger partial charge in [-0.05, 0) is 48.0 Å². The summed E-state index contributed by atoms with van der Waals surface area (Å²) in [7, 11) is 1.61. The number of methoxy groups -OCH3 is 1. The fraction of sp³-hybridized carbons (Fsp3) is 0.111. The van der Waals surface area contributed by atoms with Crippen molar-refractivity contribution in [3.8, 4) is 11.5 Å². The molecule has 4 aromatic rings. The molecule has 0 spiro atoms. The summed E-state index contributed by atoms with van der Waals surface area (Å²) in [6.07, 6.45) is 1.62. The molecule has 124 valence electrons. The van der Waals surface area contributed by atoms with Crippen LogP contribution in [0.5, 0.6) is 11.5 Å². The smallest absolute Gasteiger partial charge is 0.383 e. The van der Waals surface area contributed by atoms with Gasteiger partial charge in [0, 0.05) is 11.9 Å². The van der Waals surface area contributed by atoms with E-state index in [9.17, 15) is 4.79 Å². The third-order valence-corrected chi connectivity index (χ3v) is 3.84. The van der Waals surface area contributed by atoms with Gasteiger partial charge in [-0.2, -0.15) is 4.98 Å². The SMILES string of the molecule is COc1ccc2ccc(OC(=O)c3nc4nccc(C)n4n3)cc2c1. The Balaban J connectivity index is 1.65. The van der Waals surface area contributed by atoms with E-state index >= 15 is 0 Å². The Kier molecular flexibility index (Phi) is 3.53. The van der Waals surface area contributed by atoms with E-state index < -0.39 is 5.97 Å². The van der Waals surface area contributed by atoms with Crippen LogP contribution in [0.1, 0.15) is 16.3 Å². The number of carbonyl (C=O) groups excluding carboxylic acids is 1. The quantitative estimate of drug-likeness (QED) is 0.423. The Morgan fingerprint density at radius 3 is 2.56 bits per heavy atom. The van der Waals surface area contributed by atoms with Crippen LogP contribution in [0.3, 0.4) is 0 Å².